The molecule has 0 aromatic heterocycles. The zero-order valence-electron chi connectivity index (χ0n) is 33.3. The van der Waals surface area contributed by atoms with E-state index in [-0.39, 0.29) is 73.8 Å². The summed E-state index contributed by atoms with van der Waals surface area (Å²) < 4.78 is 61.6. The lowest BCUT2D eigenvalue weighted by atomic mass is 9.70. The van der Waals surface area contributed by atoms with Gasteiger partial charge in [-0.15, -0.1) is 0 Å². The lowest BCUT2D eigenvalue weighted by molar-refractivity contribution is 0.0773. The minimum atomic E-state index is -5.44. The number of hydrogen-bond acceptors (Lipinski definition) is 13. The summed E-state index contributed by atoms with van der Waals surface area (Å²) in [4.78, 5) is 63.1. The molecule has 0 spiro atoms. The van der Waals surface area contributed by atoms with Crippen LogP contribution in [0.2, 0.25) is 0 Å². The van der Waals surface area contributed by atoms with Gasteiger partial charge < -0.3 is 42.5 Å². The van der Waals surface area contributed by atoms with Gasteiger partial charge in [-0.1, -0.05) is 54.6 Å². The standard InChI is InChI=1S/C44H43O13P/c1-50-28-18-12-19-29(51-2)36(28)40(45)44(27-16-10-9-11-17-27,41(46)37-30(52-3)20-13-21-31(37)53-4)26-58(49,42(47)38-32(54-5)22-14-23-33(38)55-6)43(48)39-34(56-7)24-15-25-35(39)57-8/h9-25H,26H2,1-8H3. The van der Waals surface area contributed by atoms with Gasteiger partial charge in [-0.2, -0.15) is 0 Å². The number of rotatable bonds is 19. The second kappa shape index (κ2) is 18.1. The Hall–Kier alpha value is -6.59. The first-order chi connectivity index (χ1) is 28.0. The molecule has 0 unspecified atom stereocenters. The average molecular weight is 811 g/mol. The smallest absolute Gasteiger partial charge is 0.236 e. The molecule has 0 aliphatic rings. The Kier molecular flexibility index (Phi) is 13.3. The molecule has 0 fully saturated rings. The van der Waals surface area contributed by atoms with Crippen molar-refractivity contribution in [3.05, 3.63) is 131 Å². The van der Waals surface area contributed by atoms with Crippen molar-refractivity contribution >= 4 is 29.8 Å². The molecule has 0 N–H and O–H groups in total. The first-order valence-electron chi connectivity index (χ1n) is 17.7. The molecule has 13 nitrogen and oxygen atoms in total. The number of carbonyl (C=O) groups is 4. The molecule has 5 rings (SSSR count). The Morgan fingerprint density at radius 1 is 0.397 bits per heavy atom. The minimum Gasteiger partial charge on any atom is -0.496 e. The zero-order valence-corrected chi connectivity index (χ0v) is 34.2. The third-order valence-corrected chi connectivity index (χ3v) is 12.4. The van der Waals surface area contributed by atoms with Crippen molar-refractivity contribution in [2.45, 2.75) is 5.41 Å². The van der Waals surface area contributed by atoms with E-state index in [4.69, 9.17) is 37.9 Å². The number of ketones is 2. The zero-order chi connectivity index (χ0) is 42.2. The van der Waals surface area contributed by atoms with Crippen molar-refractivity contribution in [2.75, 3.05) is 63.0 Å². The van der Waals surface area contributed by atoms with Crippen molar-refractivity contribution in [1.82, 2.24) is 0 Å². The van der Waals surface area contributed by atoms with Crippen molar-refractivity contribution < 1.29 is 61.6 Å². The summed E-state index contributed by atoms with van der Waals surface area (Å²) in [5, 5.41) is 0. The van der Waals surface area contributed by atoms with E-state index in [1.165, 1.54) is 130 Å². The largest absolute Gasteiger partial charge is 0.496 e. The van der Waals surface area contributed by atoms with Crippen LogP contribution < -0.4 is 37.9 Å². The van der Waals surface area contributed by atoms with E-state index >= 15 is 23.7 Å². The average Bonchev–Trinajstić information content (AvgIpc) is 3.28. The van der Waals surface area contributed by atoms with Crippen LogP contribution in [0.3, 0.4) is 0 Å². The first-order valence-corrected chi connectivity index (χ1v) is 19.5. The molecule has 0 bridgehead atoms. The third kappa shape index (κ3) is 7.36. The van der Waals surface area contributed by atoms with Gasteiger partial charge in [0.25, 0.3) is 0 Å². The monoisotopic (exact) mass is 810 g/mol. The maximum absolute atomic E-state index is 16.6. The fourth-order valence-electron chi connectivity index (χ4n) is 6.95. The molecule has 0 radical (unpaired) electrons. The Labute approximate surface area is 336 Å². The summed E-state index contributed by atoms with van der Waals surface area (Å²) in [6.07, 6.45) is -1.23. The van der Waals surface area contributed by atoms with E-state index in [9.17, 15) is 0 Å². The summed E-state index contributed by atoms with van der Waals surface area (Å²) in [5.74, 6) is -2.49. The molecule has 0 aliphatic heterocycles. The molecule has 0 saturated carbocycles. The predicted octanol–water partition coefficient (Wildman–Crippen LogP) is 7.80. The summed E-state index contributed by atoms with van der Waals surface area (Å²) in [5.41, 5.74) is -6.53. The predicted molar refractivity (Wildman–Crippen MR) is 216 cm³/mol. The molecular weight excluding hydrogens is 767 g/mol. The number of methoxy groups -OCH3 is 8. The summed E-state index contributed by atoms with van der Waals surface area (Å²) >= 11 is 0. The second-order valence-corrected chi connectivity index (χ2v) is 15.2. The maximum atomic E-state index is 16.6. The van der Waals surface area contributed by atoms with Gasteiger partial charge >= 0.3 is 0 Å². The SMILES string of the molecule is COc1cccc(OC)c1C(=O)C(CP(=O)(C(=O)c1c(OC)cccc1OC)C(=O)c1c(OC)cccc1OC)(C(=O)c1c(OC)cccc1OC)c1ccccc1. The van der Waals surface area contributed by atoms with Crippen molar-refractivity contribution in [3.63, 3.8) is 0 Å². The highest BCUT2D eigenvalue weighted by Gasteiger charge is 2.59. The van der Waals surface area contributed by atoms with Crippen LogP contribution in [-0.4, -0.2) is 85.7 Å². The van der Waals surface area contributed by atoms with E-state index in [1.54, 1.807) is 30.3 Å². The van der Waals surface area contributed by atoms with Crippen LogP contribution in [0.25, 0.3) is 0 Å². The van der Waals surface area contributed by atoms with E-state index in [0.29, 0.717) is 0 Å². The van der Waals surface area contributed by atoms with Crippen molar-refractivity contribution in [1.29, 1.82) is 0 Å². The normalized spacial score (nSPS) is 11.2. The van der Waals surface area contributed by atoms with E-state index in [1.807, 2.05) is 0 Å². The van der Waals surface area contributed by atoms with Gasteiger partial charge in [-0.3, -0.25) is 19.2 Å². The van der Waals surface area contributed by atoms with Crippen LogP contribution >= 0.6 is 7.14 Å². The lowest BCUT2D eigenvalue weighted by Gasteiger charge is -2.35. The molecule has 5 aromatic rings. The van der Waals surface area contributed by atoms with Crippen LogP contribution in [0, 0.1) is 0 Å². The summed E-state index contributed by atoms with van der Waals surface area (Å²) in [7, 11) is 4.97. The van der Waals surface area contributed by atoms with Crippen LogP contribution in [0.5, 0.6) is 46.0 Å². The number of carbonyl (C=O) groups excluding carboxylic acids is 4. The Bertz CT molecular complexity index is 2160. The summed E-state index contributed by atoms with van der Waals surface area (Å²) in [6.45, 7) is 0. The number of Topliss-reactive ketones (excluding diaryl/α,β-unsaturated/α-hetero) is 2. The Balaban J connectivity index is 2.04. The van der Waals surface area contributed by atoms with Crippen LogP contribution in [-0.2, 0) is 9.98 Å². The van der Waals surface area contributed by atoms with Gasteiger partial charge in [0.1, 0.15) is 73.7 Å². The quantitative estimate of drug-likeness (QED) is 0.0452. The highest BCUT2D eigenvalue weighted by Crippen LogP contribution is 2.61. The molecule has 5 aromatic carbocycles. The van der Waals surface area contributed by atoms with E-state index in [0.717, 1.165) is 0 Å². The van der Waals surface area contributed by atoms with Gasteiger partial charge in [0.15, 0.2) is 11.6 Å². The lowest BCUT2D eigenvalue weighted by Crippen LogP contribution is -2.48. The number of hydrogen-bond donors (Lipinski definition) is 0. The Morgan fingerprint density at radius 3 is 0.914 bits per heavy atom. The molecular formula is C44H43O13P. The third-order valence-electron chi connectivity index (χ3n) is 9.75. The summed E-state index contributed by atoms with van der Waals surface area (Å²) in [6, 6.07) is 25.5. The van der Waals surface area contributed by atoms with Gasteiger partial charge in [-0.25, -0.2) is 0 Å². The molecule has 302 valence electrons. The van der Waals surface area contributed by atoms with Crippen LogP contribution in [0.1, 0.15) is 47.0 Å². The van der Waals surface area contributed by atoms with Gasteiger partial charge in [0.2, 0.25) is 18.2 Å². The minimum absolute atomic E-state index is 0.0188. The van der Waals surface area contributed by atoms with Crippen molar-refractivity contribution in [3.8, 4) is 46.0 Å². The molecule has 0 amide bonds. The fourth-order valence-corrected chi connectivity index (χ4v) is 9.73. The Morgan fingerprint density at radius 2 is 0.655 bits per heavy atom. The van der Waals surface area contributed by atoms with Crippen LogP contribution in [0.15, 0.2) is 103 Å². The van der Waals surface area contributed by atoms with E-state index in [2.05, 4.69) is 0 Å². The molecule has 0 saturated heterocycles. The first kappa shape index (κ1) is 42.6. The maximum Gasteiger partial charge on any atom is 0.236 e. The van der Waals surface area contributed by atoms with Gasteiger partial charge in [0.05, 0.1) is 56.9 Å². The van der Waals surface area contributed by atoms with E-state index < -0.39 is 41.3 Å². The topological polar surface area (TPSA) is 159 Å². The second-order valence-electron chi connectivity index (χ2n) is 12.6. The molecule has 0 aliphatic carbocycles. The number of ether oxygens (including phenoxy) is 8. The van der Waals surface area contributed by atoms with Crippen LogP contribution in [0.4, 0.5) is 0 Å². The molecule has 0 heterocycles. The van der Waals surface area contributed by atoms with Crippen molar-refractivity contribution in [2.24, 2.45) is 0 Å². The molecule has 0 atom stereocenters. The highest BCUT2D eigenvalue weighted by molar-refractivity contribution is 7.95. The molecule has 14 heteroatoms. The van der Waals surface area contributed by atoms with Gasteiger partial charge in [-0.05, 0) is 54.1 Å². The fraction of sp³-hybridized carbons (Fsp3) is 0.227. The highest BCUT2D eigenvalue weighted by atomic mass is 31.2. The van der Waals surface area contributed by atoms with Gasteiger partial charge in [0, 0.05) is 6.16 Å². The molecule has 58 heavy (non-hydrogen) atoms. The number of benzene rings is 5.